The molecule has 0 amide bonds. The molecule has 1 atom stereocenters. The van der Waals surface area contributed by atoms with Crippen LogP contribution in [-0.4, -0.2) is 37.9 Å². The van der Waals surface area contributed by atoms with Crippen molar-refractivity contribution in [3.05, 3.63) is 97.2 Å². The lowest BCUT2D eigenvalue weighted by Crippen LogP contribution is -2.30. The zero-order valence-electron chi connectivity index (χ0n) is 44.8. The molecule has 5 nitrogen and oxygen atoms in total. The molecule has 0 rings (SSSR count). The molecule has 0 saturated carbocycles. The van der Waals surface area contributed by atoms with Crippen molar-refractivity contribution in [2.75, 3.05) is 19.8 Å². The highest BCUT2D eigenvalue weighted by Crippen LogP contribution is 2.15. The monoisotopic (exact) mass is 945 g/mol. The number of carbonyl (C=O) groups is 2. The second-order valence-electron chi connectivity index (χ2n) is 18.8. The summed E-state index contributed by atoms with van der Waals surface area (Å²) < 4.78 is 17.5. The average Bonchev–Trinajstić information content (AvgIpc) is 3.34. The van der Waals surface area contributed by atoms with Crippen LogP contribution >= 0.6 is 0 Å². The Balaban J connectivity index is 4.31. The first-order valence-electron chi connectivity index (χ1n) is 28.8. The zero-order valence-corrected chi connectivity index (χ0v) is 44.8. The Hall–Kier alpha value is -3.18. The van der Waals surface area contributed by atoms with Crippen molar-refractivity contribution in [3.8, 4) is 0 Å². The molecule has 5 heteroatoms. The maximum Gasteiger partial charge on any atom is 0.306 e. The standard InChI is InChI=1S/C63H108O5/c1-4-7-10-13-16-19-22-25-28-30-31-32-34-37-40-43-46-49-52-55-58-66-59-61(68-63(65)57-54-51-48-45-42-39-35-27-24-21-18-15-12-9-6-3)60-67-62(64)56-53-50-47-44-41-38-36-33-29-26-23-20-17-14-11-8-5-2/h8-9,11-12,16-21,25-29,35,61H,4-7,10,13-15,22-24,30-34,36-60H2,1-3H3/b11-8-,12-9-,19-16-,20-17-,21-18-,28-25-,29-26-,35-27-. The second kappa shape index (κ2) is 58.1. The molecule has 0 bridgehead atoms. The summed E-state index contributed by atoms with van der Waals surface area (Å²) in [6, 6.07) is 0. The summed E-state index contributed by atoms with van der Waals surface area (Å²) in [5.41, 5.74) is 0. The van der Waals surface area contributed by atoms with Gasteiger partial charge in [0.05, 0.1) is 6.61 Å². The SMILES string of the molecule is CC/C=C\C/C=C\C/C=C\CCCCCCCCCC(=O)OCC(COCCCCCCCCCCCC/C=C\C/C=C\CCCCC)OC(=O)CCCCCCC/C=C\C/C=C\C/C=C\CC. The van der Waals surface area contributed by atoms with Crippen LogP contribution in [0, 0.1) is 0 Å². The van der Waals surface area contributed by atoms with Crippen LogP contribution in [0.4, 0.5) is 0 Å². The van der Waals surface area contributed by atoms with Gasteiger partial charge in [-0.15, -0.1) is 0 Å². The number of ether oxygens (including phenoxy) is 3. The summed E-state index contributed by atoms with van der Waals surface area (Å²) in [6.45, 7) is 7.56. The lowest BCUT2D eigenvalue weighted by molar-refractivity contribution is -0.163. The smallest absolute Gasteiger partial charge is 0.306 e. The Labute approximate surface area is 422 Å². The molecule has 0 spiro atoms. The summed E-state index contributed by atoms with van der Waals surface area (Å²) in [5, 5.41) is 0. The first-order valence-corrected chi connectivity index (χ1v) is 28.8. The van der Waals surface area contributed by atoms with Crippen molar-refractivity contribution in [1.29, 1.82) is 0 Å². The summed E-state index contributed by atoms with van der Waals surface area (Å²) in [6.07, 6.45) is 78.5. The van der Waals surface area contributed by atoms with Crippen molar-refractivity contribution < 1.29 is 23.8 Å². The summed E-state index contributed by atoms with van der Waals surface area (Å²) in [5.74, 6) is -0.427. The molecule has 0 fully saturated rings. The minimum Gasteiger partial charge on any atom is -0.462 e. The van der Waals surface area contributed by atoms with Gasteiger partial charge in [0.15, 0.2) is 6.10 Å². The van der Waals surface area contributed by atoms with Crippen LogP contribution < -0.4 is 0 Å². The first kappa shape index (κ1) is 64.8. The van der Waals surface area contributed by atoms with Crippen molar-refractivity contribution in [1.82, 2.24) is 0 Å². The Morgan fingerprint density at radius 2 is 0.662 bits per heavy atom. The third kappa shape index (κ3) is 55.4. The van der Waals surface area contributed by atoms with Crippen LogP contribution in [0.2, 0.25) is 0 Å². The Bertz CT molecular complexity index is 1300. The van der Waals surface area contributed by atoms with Crippen LogP contribution in [0.5, 0.6) is 0 Å². The number of rotatable bonds is 52. The summed E-state index contributed by atoms with van der Waals surface area (Å²) in [4.78, 5) is 25.5. The third-order valence-electron chi connectivity index (χ3n) is 12.1. The third-order valence-corrected chi connectivity index (χ3v) is 12.1. The minimum absolute atomic E-state index is 0.0678. The molecule has 0 saturated heterocycles. The number of hydrogen-bond donors (Lipinski definition) is 0. The summed E-state index contributed by atoms with van der Waals surface area (Å²) >= 11 is 0. The number of hydrogen-bond acceptors (Lipinski definition) is 5. The van der Waals surface area contributed by atoms with Gasteiger partial charge in [-0.25, -0.2) is 0 Å². The van der Waals surface area contributed by atoms with Crippen molar-refractivity contribution in [2.45, 2.75) is 271 Å². The highest BCUT2D eigenvalue weighted by atomic mass is 16.6. The van der Waals surface area contributed by atoms with E-state index < -0.39 is 6.10 Å². The first-order chi connectivity index (χ1) is 33.6. The van der Waals surface area contributed by atoms with Crippen LogP contribution in [0.1, 0.15) is 265 Å². The van der Waals surface area contributed by atoms with Gasteiger partial charge in [-0.05, 0) is 116 Å². The molecular weight excluding hydrogens is 837 g/mol. The number of esters is 2. The maximum atomic E-state index is 12.9. The van der Waals surface area contributed by atoms with Crippen LogP contribution in [-0.2, 0) is 23.8 Å². The van der Waals surface area contributed by atoms with E-state index in [0.717, 1.165) is 109 Å². The van der Waals surface area contributed by atoms with E-state index >= 15 is 0 Å². The molecule has 0 N–H and O–H groups in total. The molecule has 0 aliphatic heterocycles. The predicted molar refractivity (Wildman–Crippen MR) is 297 cm³/mol. The van der Waals surface area contributed by atoms with Crippen LogP contribution in [0.15, 0.2) is 97.2 Å². The molecule has 0 radical (unpaired) electrons. The normalized spacial score (nSPS) is 12.9. The zero-order chi connectivity index (χ0) is 49.2. The molecule has 390 valence electrons. The van der Waals surface area contributed by atoms with Gasteiger partial charge in [0.25, 0.3) is 0 Å². The fourth-order valence-corrected chi connectivity index (χ4v) is 7.86. The van der Waals surface area contributed by atoms with Gasteiger partial charge in [-0.2, -0.15) is 0 Å². The maximum absolute atomic E-state index is 12.9. The lowest BCUT2D eigenvalue weighted by Gasteiger charge is -2.18. The average molecular weight is 946 g/mol. The Morgan fingerprint density at radius 1 is 0.338 bits per heavy atom. The molecule has 0 aromatic rings. The highest BCUT2D eigenvalue weighted by molar-refractivity contribution is 5.70. The number of carbonyl (C=O) groups excluding carboxylic acids is 2. The Morgan fingerprint density at radius 3 is 1.06 bits per heavy atom. The molecule has 0 aromatic carbocycles. The molecule has 1 unspecified atom stereocenters. The Kier molecular flexibility index (Phi) is 55.4. The van der Waals surface area contributed by atoms with Gasteiger partial charge < -0.3 is 14.2 Å². The highest BCUT2D eigenvalue weighted by Gasteiger charge is 2.17. The van der Waals surface area contributed by atoms with Gasteiger partial charge in [0, 0.05) is 19.4 Å². The predicted octanol–water partition coefficient (Wildman–Crippen LogP) is 19.8. The fourth-order valence-electron chi connectivity index (χ4n) is 7.86. The molecule has 0 aliphatic rings. The van der Waals surface area contributed by atoms with Gasteiger partial charge >= 0.3 is 11.9 Å². The molecule has 68 heavy (non-hydrogen) atoms. The van der Waals surface area contributed by atoms with E-state index in [1.807, 2.05) is 0 Å². The molecule has 0 aromatic heterocycles. The second-order valence-corrected chi connectivity index (χ2v) is 18.8. The van der Waals surface area contributed by atoms with Crippen LogP contribution in [0.25, 0.3) is 0 Å². The van der Waals surface area contributed by atoms with E-state index in [1.54, 1.807) is 0 Å². The molecular formula is C63H108O5. The van der Waals surface area contributed by atoms with Gasteiger partial charge in [0.2, 0.25) is 0 Å². The van der Waals surface area contributed by atoms with Crippen molar-refractivity contribution in [2.24, 2.45) is 0 Å². The minimum atomic E-state index is -0.557. The lowest BCUT2D eigenvalue weighted by atomic mass is 10.1. The van der Waals surface area contributed by atoms with E-state index in [1.165, 1.54) is 122 Å². The van der Waals surface area contributed by atoms with E-state index in [-0.39, 0.29) is 25.2 Å². The van der Waals surface area contributed by atoms with E-state index in [9.17, 15) is 9.59 Å². The number of unbranched alkanes of at least 4 members (excludes halogenated alkanes) is 25. The van der Waals surface area contributed by atoms with Gasteiger partial charge in [-0.3, -0.25) is 9.59 Å². The van der Waals surface area contributed by atoms with Gasteiger partial charge in [0.1, 0.15) is 6.61 Å². The topological polar surface area (TPSA) is 61.8 Å². The van der Waals surface area contributed by atoms with Crippen molar-refractivity contribution in [3.63, 3.8) is 0 Å². The van der Waals surface area contributed by atoms with E-state index in [0.29, 0.717) is 19.4 Å². The van der Waals surface area contributed by atoms with E-state index in [2.05, 4.69) is 118 Å². The largest absolute Gasteiger partial charge is 0.462 e. The van der Waals surface area contributed by atoms with Gasteiger partial charge in [-0.1, -0.05) is 234 Å². The number of allylic oxidation sites excluding steroid dienone is 16. The quantitative estimate of drug-likeness (QED) is 0.0345. The fraction of sp³-hybridized carbons (Fsp3) is 0.714. The molecule has 0 heterocycles. The van der Waals surface area contributed by atoms with Crippen LogP contribution in [0.3, 0.4) is 0 Å². The van der Waals surface area contributed by atoms with Crippen molar-refractivity contribution >= 4 is 11.9 Å². The van der Waals surface area contributed by atoms with E-state index in [4.69, 9.17) is 14.2 Å². The molecule has 0 aliphatic carbocycles. The summed E-state index contributed by atoms with van der Waals surface area (Å²) in [7, 11) is 0.